The van der Waals surface area contributed by atoms with E-state index in [1.807, 2.05) is 18.2 Å². The number of hydrogen-bond acceptors (Lipinski definition) is 2. The molecule has 1 aromatic carbocycles. The minimum atomic E-state index is 0.538. The van der Waals surface area contributed by atoms with E-state index < -0.39 is 0 Å². The summed E-state index contributed by atoms with van der Waals surface area (Å²) in [6, 6.07) is 8.03. The first-order chi connectivity index (χ1) is 9.77. The second-order valence-corrected chi connectivity index (χ2v) is 4.82. The molecule has 0 aliphatic rings. The molecule has 20 heavy (non-hydrogen) atoms. The summed E-state index contributed by atoms with van der Waals surface area (Å²) in [7, 11) is 1.69. The molecule has 1 aromatic rings. The lowest BCUT2D eigenvalue weighted by molar-refractivity contribution is 0.409. The largest absolute Gasteiger partial charge is 0.496 e. The molecule has 0 heterocycles. The fraction of sp³-hybridized carbons (Fsp3) is 0.562. The minimum Gasteiger partial charge on any atom is -0.496 e. The average Bonchev–Trinajstić information content (AvgIpc) is 2.47. The predicted molar refractivity (Wildman–Crippen MR) is 85.3 cm³/mol. The lowest BCUT2D eigenvalue weighted by Gasteiger charge is -2.09. The van der Waals surface area contributed by atoms with Gasteiger partial charge in [0, 0.05) is 13.1 Å². The Kier molecular flexibility index (Phi) is 8.27. The van der Waals surface area contributed by atoms with E-state index in [1.54, 1.807) is 7.11 Å². The van der Waals surface area contributed by atoms with Crippen molar-refractivity contribution in [3.8, 4) is 5.75 Å². The molecule has 0 bridgehead atoms. The van der Waals surface area contributed by atoms with Crippen molar-refractivity contribution < 1.29 is 4.74 Å². The van der Waals surface area contributed by atoms with Gasteiger partial charge in [-0.3, -0.25) is 4.99 Å². The van der Waals surface area contributed by atoms with Crippen molar-refractivity contribution in [1.29, 1.82) is 0 Å². The van der Waals surface area contributed by atoms with E-state index >= 15 is 0 Å². The van der Waals surface area contributed by atoms with E-state index in [9.17, 15) is 0 Å². The fourth-order valence-electron chi connectivity index (χ4n) is 2.03. The molecule has 0 amide bonds. The molecule has 3 N–H and O–H groups in total. The quantitative estimate of drug-likeness (QED) is 0.414. The van der Waals surface area contributed by atoms with Crippen LogP contribution in [0, 0.1) is 0 Å². The third-order valence-electron chi connectivity index (χ3n) is 3.19. The molecule has 0 saturated carbocycles. The summed E-state index contributed by atoms with van der Waals surface area (Å²) in [6.45, 7) is 3.79. The molecule has 4 nitrogen and oxygen atoms in total. The van der Waals surface area contributed by atoms with Crippen LogP contribution in [-0.4, -0.2) is 26.2 Å². The smallest absolute Gasteiger partial charge is 0.188 e. The molecule has 0 aliphatic carbocycles. The molecule has 0 fully saturated rings. The number of nitrogens with zero attached hydrogens (tertiary/aromatic N) is 1. The number of ether oxygens (including phenoxy) is 1. The van der Waals surface area contributed by atoms with Crippen LogP contribution in [-0.2, 0) is 6.42 Å². The summed E-state index contributed by atoms with van der Waals surface area (Å²) in [5, 5.41) is 3.15. The van der Waals surface area contributed by atoms with Crippen LogP contribution in [0.3, 0.4) is 0 Å². The first-order valence-electron chi connectivity index (χ1n) is 7.43. The van der Waals surface area contributed by atoms with Gasteiger partial charge in [0.15, 0.2) is 5.96 Å². The lowest BCUT2D eigenvalue weighted by Crippen LogP contribution is -2.33. The first kappa shape index (κ1) is 16.3. The number of methoxy groups -OCH3 is 1. The minimum absolute atomic E-state index is 0.538. The van der Waals surface area contributed by atoms with Crippen molar-refractivity contribution in [3.05, 3.63) is 29.8 Å². The van der Waals surface area contributed by atoms with Gasteiger partial charge in [0.25, 0.3) is 0 Å². The molecule has 0 radical (unpaired) electrons. The second kappa shape index (κ2) is 10.1. The molecular formula is C16H27N3O. The summed E-state index contributed by atoms with van der Waals surface area (Å²) >= 11 is 0. The van der Waals surface area contributed by atoms with E-state index in [2.05, 4.69) is 23.3 Å². The molecule has 112 valence electrons. The number of nitrogens with two attached hydrogens (primary N) is 1. The maximum atomic E-state index is 5.83. The Labute approximate surface area is 122 Å². The highest BCUT2D eigenvalue weighted by molar-refractivity contribution is 5.77. The molecular weight excluding hydrogens is 250 g/mol. The van der Waals surface area contributed by atoms with Gasteiger partial charge < -0.3 is 15.8 Å². The lowest BCUT2D eigenvalue weighted by atomic mass is 10.1. The zero-order valence-corrected chi connectivity index (χ0v) is 12.7. The number of hydrogen-bond donors (Lipinski definition) is 2. The van der Waals surface area contributed by atoms with E-state index in [-0.39, 0.29) is 0 Å². The maximum absolute atomic E-state index is 5.83. The Morgan fingerprint density at radius 1 is 1.25 bits per heavy atom. The number of benzene rings is 1. The monoisotopic (exact) mass is 277 g/mol. The molecule has 0 unspecified atom stereocenters. The van der Waals surface area contributed by atoms with Gasteiger partial charge in [0.2, 0.25) is 0 Å². The zero-order valence-electron chi connectivity index (χ0n) is 12.7. The van der Waals surface area contributed by atoms with Gasteiger partial charge >= 0.3 is 0 Å². The molecule has 0 saturated heterocycles. The van der Waals surface area contributed by atoms with Crippen LogP contribution in [0.25, 0.3) is 0 Å². The number of unbranched alkanes of at least 4 members (excludes halogenated alkanes) is 3. The predicted octanol–water partition coefficient (Wildman–Crippen LogP) is 2.72. The Bertz CT molecular complexity index is 404. The number of aliphatic imine (C=N–C) groups is 1. The van der Waals surface area contributed by atoms with E-state index in [0.717, 1.165) is 31.7 Å². The van der Waals surface area contributed by atoms with Crippen LogP contribution in [0.15, 0.2) is 29.3 Å². The molecule has 0 aliphatic heterocycles. The van der Waals surface area contributed by atoms with E-state index in [1.165, 1.54) is 24.8 Å². The molecule has 1 rings (SSSR count). The fourth-order valence-corrected chi connectivity index (χ4v) is 2.03. The van der Waals surface area contributed by atoms with Gasteiger partial charge in [-0.25, -0.2) is 0 Å². The number of rotatable bonds is 9. The van der Waals surface area contributed by atoms with Gasteiger partial charge in [0.1, 0.15) is 5.75 Å². The zero-order chi connectivity index (χ0) is 14.6. The Morgan fingerprint density at radius 3 is 2.80 bits per heavy atom. The van der Waals surface area contributed by atoms with E-state index in [0.29, 0.717) is 5.96 Å². The number of para-hydroxylation sites is 1. The molecule has 0 aromatic heterocycles. The third-order valence-corrected chi connectivity index (χ3v) is 3.19. The topological polar surface area (TPSA) is 59.6 Å². The van der Waals surface area contributed by atoms with Crippen LogP contribution >= 0.6 is 0 Å². The van der Waals surface area contributed by atoms with Crippen molar-refractivity contribution in [2.24, 2.45) is 10.7 Å². The SMILES string of the molecule is CCCCCCN=C(N)NCCc1ccccc1OC. The van der Waals surface area contributed by atoms with Crippen LogP contribution in [0.5, 0.6) is 5.75 Å². The van der Waals surface area contributed by atoms with Gasteiger partial charge in [-0.05, 0) is 24.5 Å². The van der Waals surface area contributed by atoms with Crippen LogP contribution in [0.1, 0.15) is 38.2 Å². The second-order valence-electron chi connectivity index (χ2n) is 4.82. The summed E-state index contributed by atoms with van der Waals surface area (Å²) in [5.74, 6) is 1.46. The van der Waals surface area contributed by atoms with Crippen LogP contribution in [0.4, 0.5) is 0 Å². The normalized spacial score (nSPS) is 11.4. The van der Waals surface area contributed by atoms with Gasteiger partial charge in [-0.15, -0.1) is 0 Å². The van der Waals surface area contributed by atoms with E-state index in [4.69, 9.17) is 10.5 Å². The van der Waals surface area contributed by atoms with Gasteiger partial charge in [-0.1, -0.05) is 44.4 Å². The summed E-state index contributed by atoms with van der Waals surface area (Å²) in [4.78, 5) is 4.32. The van der Waals surface area contributed by atoms with Crippen molar-refractivity contribution in [2.75, 3.05) is 20.2 Å². The highest BCUT2D eigenvalue weighted by Crippen LogP contribution is 2.17. The van der Waals surface area contributed by atoms with Crippen molar-refractivity contribution in [2.45, 2.75) is 39.0 Å². The Hall–Kier alpha value is -1.71. The highest BCUT2D eigenvalue weighted by Gasteiger charge is 2.01. The van der Waals surface area contributed by atoms with Crippen LogP contribution < -0.4 is 15.8 Å². The standard InChI is InChI=1S/C16H27N3O/c1-3-4-5-8-12-18-16(17)19-13-11-14-9-6-7-10-15(14)20-2/h6-7,9-10H,3-5,8,11-13H2,1-2H3,(H3,17,18,19). The molecule has 0 atom stereocenters. The number of nitrogens with one attached hydrogen (secondary N) is 1. The van der Waals surface area contributed by atoms with Crippen molar-refractivity contribution in [1.82, 2.24) is 5.32 Å². The maximum Gasteiger partial charge on any atom is 0.188 e. The van der Waals surface area contributed by atoms with Gasteiger partial charge in [0.05, 0.1) is 7.11 Å². The van der Waals surface area contributed by atoms with Crippen molar-refractivity contribution in [3.63, 3.8) is 0 Å². The third kappa shape index (κ3) is 6.45. The molecule has 4 heteroatoms. The number of guanidine groups is 1. The van der Waals surface area contributed by atoms with Gasteiger partial charge in [-0.2, -0.15) is 0 Å². The molecule has 0 spiro atoms. The summed E-state index contributed by atoms with van der Waals surface area (Å²) in [5.41, 5.74) is 7.01. The average molecular weight is 277 g/mol. The Balaban J connectivity index is 2.24. The van der Waals surface area contributed by atoms with Crippen molar-refractivity contribution >= 4 is 5.96 Å². The first-order valence-corrected chi connectivity index (χ1v) is 7.43. The Morgan fingerprint density at radius 2 is 2.05 bits per heavy atom. The highest BCUT2D eigenvalue weighted by atomic mass is 16.5. The summed E-state index contributed by atoms with van der Waals surface area (Å²) < 4.78 is 5.32. The summed E-state index contributed by atoms with van der Waals surface area (Å²) in [6.07, 6.45) is 5.74. The van der Waals surface area contributed by atoms with Crippen LogP contribution in [0.2, 0.25) is 0 Å².